The van der Waals surface area contributed by atoms with Crippen LogP contribution in [0.1, 0.15) is 38.4 Å². The average Bonchev–Trinajstić information content (AvgIpc) is 2.19. The van der Waals surface area contributed by atoms with Crippen molar-refractivity contribution >= 4 is 27.5 Å². The molecule has 0 aliphatic heterocycles. The summed E-state index contributed by atoms with van der Waals surface area (Å²) in [7, 11) is 0. The van der Waals surface area contributed by atoms with Crippen LogP contribution in [0.25, 0.3) is 0 Å². The molecule has 84 valence electrons. The maximum atomic E-state index is 10.2. The first-order chi connectivity index (χ1) is 7.10. The van der Waals surface area contributed by atoms with Gasteiger partial charge in [-0.2, -0.15) is 0 Å². The third kappa shape index (κ3) is 3.20. The third-order valence-electron chi connectivity index (χ3n) is 2.78. The van der Waals surface area contributed by atoms with Crippen LogP contribution in [0.5, 0.6) is 0 Å². The molecule has 1 N–H and O–H groups in total. The highest BCUT2D eigenvalue weighted by atomic mass is 79.9. The van der Waals surface area contributed by atoms with Crippen LogP contribution in [0.4, 0.5) is 0 Å². The predicted octanol–water partition coefficient (Wildman–Crippen LogP) is 4.57. The average molecular weight is 292 g/mol. The van der Waals surface area contributed by atoms with Crippen molar-refractivity contribution in [1.29, 1.82) is 0 Å². The fraction of sp³-hybridized carbons (Fsp3) is 0.500. The van der Waals surface area contributed by atoms with Gasteiger partial charge in [-0.15, -0.1) is 0 Å². The number of aliphatic hydroxyl groups is 1. The molecular weight excluding hydrogens is 275 g/mol. The molecule has 0 fully saturated rings. The normalized spacial score (nSPS) is 13.2. The lowest BCUT2D eigenvalue weighted by atomic mass is 9.91. The molecule has 15 heavy (non-hydrogen) atoms. The lowest BCUT2D eigenvalue weighted by Gasteiger charge is -2.21. The van der Waals surface area contributed by atoms with E-state index < -0.39 is 6.10 Å². The Morgan fingerprint density at radius 3 is 2.40 bits per heavy atom. The molecule has 0 spiro atoms. The Balaban J connectivity index is 2.94. The molecule has 1 aromatic rings. The highest BCUT2D eigenvalue weighted by Crippen LogP contribution is 2.33. The Morgan fingerprint density at radius 2 is 1.93 bits per heavy atom. The van der Waals surface area contributed by atoms with Crippen LogP contribution < -0.4 is 0 Å². The van der Waals surface area contributed by atoms with Crippen molar-refractivity contribution in [2.75, 3.05) is 0 Å². The topological polar surface area (TPSA) is 20.2 Å². The van der Waals surface area contributed by atoms with Gasteiger partial charge in [0.05, 0.1) is 6.10 Å². The number of hydrogen-bond acceptors (Lipinski definition) is 1. The van der Waals surface area contributed by atoms with Gasteiger partial charge in [0.15, 0.2) is 0 Å². The lowest BCUT2D eigenvalue weighted by molar-refractivity contribution is 0.103. The third-order valence-corrected chi connectivity index (χ3v) is 3.60. The van der Waals surface area contributed by atoms with Gasteiger partial charge in [0.25, 0.3) is 0 Å². The molecule has 0 heterocycles. The molecule has 3 heteroatoms. The van der Waals surface area contributed by atoms with Crippen LogP contribution in [-0.2, 0) is 0 Å². The quantitative estimate of drug-likeness (QED) is 0.861. The van der Waals surface area contributed by atoms with Gasteiger partial charge in [-0.25, -0.2) is 0 Å². The molecule has 0 saturated carbocycles. The zero-order valence-corrected chi connectivity index (χ0v) is 11.3. The second-order valence-electron chi connectivity index (χ2n) is 3.69. The number of halogens is 2. The minimum Gasteiger partial charge on any atom is -0.388 e. The van der Waals surface area contributed by atoms with Crippen LogP contribution in [-0.4, -0.2) is 5.11 Å². The molecule has 0 bridgehead atoms. The van der Waals surface area contributed by atoms with E-state index in [4.69, 9.17) is 11.6 Å². The van der Waals surface area contributed by atoms with E-state index >= 15 is 0 Å². The van der Waals surface area contributed by atoms with Crippen molar-refractivity contribution in [3.8, 4) is 0 Å². The summed E-state index contributed by atoms with van der Waals surface area (Å²) in [6, 6.07) is 5.62. The van der Waals surface area contributed by atoms with Gasteiger partial charge < -0.3 is 5.11 Å². The van der Waals surface area contributed by atoms with Gasteiger partial charge in [-0.3, -0.25) is 0 Å². The largest absolute Gasteiger partial charge is 0.388 e. The molecule has 0 aliphatic carbocycles. The Hall–Kier alpha value is -0.0500. The first-order valence-electron chi connectivity index (χ1n) is 5.23. The van der Waals surface area contributed by atoms with Crippen LogP contribution >= 0.6 is 27.5 Å². The summed E-state index contributed by atoms with van der Waals surface area (Å²) in [4.78, 5) is 0. The summed E-state index contributed by atoms with van der Waals surface area (Å²) in [6.07, 6.45) is 1.47. The van der Waals surface area contributed by atoms with Crippen LogP contribution in [0.15, 0.2) is 22.7 Å². The molecule has 0 radical (unpaired) electrons. The molecule has 1 atom stereocenters. The summed E-state index contributed by atoms with van der Waals surface area (Å²) in [5.74, 6) is 0.281. The molecule has 1 aromatic carbocycles. The molecule has 0 aromatic heterocycles. The maximum Gasteiger partial charge on any atom is 0.0832 e. The van der Waals surface area contributed by atoms with E-state index in [1.807, 2.05) is 18.2 Å². The van der Waals surface area contributed by atoms with Crippen LogP contribution in [0.3, 0.4) is 0 Å². The first-order valence-corrected chi connectivity index (χ1v) is 6.40. The molecule has 0 saturated heterocycles. The lowest BCUT2D eigenvalue weighted by Crippen LogP contribution is -2.11. The fourth-order valence-corrected chi connectivity index (χ4v) is 2.52. The van der Waals surface area contributed by atoms with E-state index in [1.54, 1.807) is 0 Å². The van der Waals surface area contributed by atoms with Gasteiger partial charge >= 0.3 is 0 Å². The summed E-state index contributed by atoms with van der Waals surface area (Å²) in [6.45, 7) is 4.17. The van der Waals surface area contributed by atoms with Crippen molar-refractivity contribution in [2.45, 2.75) is 32.8 Å². The van der Waals surface area contributed by atoms with E-state index in [-0.39, 0.29) is 5.92 Å². The number of hydrogen-bond donors (Lipinski definition) is 1. The summed E-state index contributed by atoms with van der Waals surface area (Å²) >= 11 is 9.44. The highest BCUT2D eigenvalue weighted by molar-refractivity contribution is 9.10. The van der Waals surface area contributed by atoms with Gasteiger partial charge in [0.1, 0.15) is 0 Å². The van der Waals surface area contributed by atoms with Crippen molar-refractivity contribution in [1.82, 2.24) is 0 Å². The number of aliphatic hydroxyl groups excluding tert-OH is 1. The number of benzene rings is 1. The van der Waals surface area contributed by atoms with Gasteiger partial charge in [0.2, 0.25) is 0 Å². The van der Waals surface area contributed by atoms with Crippen LogP contribution in [0.2, 0.25) is 5.02 Å². The molecule has 0 amide bonds. The van der Waals surface area contributed by atoms with E-state index in [2.05, 4.69) is 29.8 Å². The predicted molar refractivity (Wildman–Crippen MR) is 68.2 cm³/mol. The first kappa shape index (κ1) is 13.0. The minimum absolute atomic E-state index is 0.281. The zero-order valence-electron chi connectivity index (χ0n) is 9.00. The Kier molecular flexibility index (Phi) is 5.10. The van der Waals surface area contributed by atoms with Gasteiger partial charge in [-0.05, 0) is 23.6 Å². The van der Waals surface area contributed by atoms with Crippen molar-refractivity contribution in [2.24, 2.45) is 5.92 Å². The Labute approximate surface area is 105 Å². The monoisotopic (exact) mass is 290 g/mol. The summed E-state index contributed by atoms with van der Waals surface area (Å²) in [5, 5.41) is 10.8. The minimum atomic E-state index is -0.458. The fourth-order valence-electron chi connectivity index (χ4n) is 1.73. The van der Waals surface area contributed by atoms with Crippen molar-refractivity contribution in [3.05, 3.63) is 33.3 Å². The molecular formula is C12H16BrClO. The Bertz CT molecular complexity index is 323. The smallest absolute Gasteiger partial charge is 0.0832 e. The Morgan fingerprint density at radius 1 is 1.33 bits per heavy atom. The van der Waals surface area contributed by atoms with Gasteiger partial charge in [-0.1, -0.05) is 60.3 Å². The maximum absolute atomic E-state index is 10.2. The van der Waals surface area contributed by atoms with E-state index in [0.29, 0.717) is 5.02 Å². The summed E-state index contributed by atoms with van der Waals surface area (Å²) in [5.41, 5.74) is 0.827. The zero-order chi connectivity index (χ0) is 11.4. The molecule has 1 rings (SSSR count). The second-order valence-corrected chi connectivity index (χ2v) is 5.01. The molecule has 0 aliphatic rings. The van der Waals surface area contributed by atoms with E-state index in [0.717, 1.165) is 22.9 Å². The highest BCUT2D eigenvalue weighted by Gasteiger charge is 2.19. The van der Waals surface area contributed by atoms with Crippen molar-refractivity contribution in [3.63, 3.8) is 0 Å². The molecule has 1 unspecified atom stereocenters. The van der Waals surface area contributed by atoms with Crippen LogP contribution in [0, 0.1) is 5.92 Å². The van der Waals surface area contributed by atoms with E-state index in [9.17, 15) is 5.11 Å². The second kappa shape index (κ2) is 5.88. The van der Waals surface area contributed by atoms with Crippen molar-refractivity contribution < 1.29 is 5.11 Å². The van der Waals surface area contributed by atoms with Gasteiger partial charge in [0, 0.05) is 9.50 Å². The summed E-state index contributed by atoms with van der Waals surface area (Å²) < 4.78 is 0.938. The number of rotatable bonds is 4. The standard InChI is InChI=1S/C12H16BrClO/c1-3-8(4-2)12(15)10-6-5-9(13)7-11(10)14/h5-8,12,15H,3-4H2,1-2H3. The van der Waals surface area contributed by atoms with E-state index in [1.165, 1.54) is 0 Å². The molecule has 1 nitrogen and oxygen atoms in total. The SMILES string of the molecule is CCC(CC)C(O)c1ccc(Br)cc1Cl.